The molecule has 0 radical (unpaired) electrons. The van der Waals surface area contributed by atoms with Crippen LogP contribution in [0.15, 0.2) is 0 Å². The monoisotopic (exact) mass is 188 g/mol. The number of carbonyl (C=O) groups is 1. The minimum Gasteiger partial charge on any atom is -0.481 e. The molecule has 0 saturated heterocycles. The van der Waals surface area contributed by atoms with Gasteiger partial charge in [-0.25, -0.2) is 4.39 Å². The molecule has 0 amide bonds. The van der Waals surface area contributed by atoms with Crippen molar-refractivity contribution in [1.29, 1.82) is 0 Å². The highest BCUT2D eigenvalue weighted by Gasteiger charge is 2.34. The van der Waals surface area contributed by atoms with Crippen LogP contribution in [-0.2, 0) is 4.79 Å². The Bertz CT molecular complexity index is 201. The quantitative estimate of drug-likeness (QED) is 0.723. The standard InChI is InChI=1S/C10H17FO2/c1-10(2)5-7(4-9(12)13)3-8(11)6-10/h7-8H,3-6H2,1-2H3,(H,12,13). The maximum absolute atomic E-state index is 13.2. The zero-order chi connectivity index (χ0) is 10.1. The maximum atomic E-state index is 13.2. The lowest BCUT2D eigenvalue weighted by Crippen LogP contribution is -2.30. The van der Waals surface area contributed by atoms with Gasteiger partial charge >= 0.3 is 5.97 Å². The van der Waals surface area contributed by atoms with Gasteiger partial charge in [-0.15, -0.1) is 0 Å². The molecule has 0 aromatic rings. The summed E-state index contributed by atoms with van der Waals surface area (Å²) in [5.74, 6) is -0.786. The molecule has 2 nitrogen and oxygen atoms in total. The van der Waals surface area contributed by atoms with Crippen molar-refractivity contribution < 1.29 is 14.3 Å². The normalized spacial score (nSPS) is 32.8. The summed E-state index contributed by atoms with van der Waals surface area (Å²) >= 11 is 0. The van der Waals surface area contributed by atoms with Crippen LogP contribution in [0.3, 0.4) is 0 Å². The number of aliphatic carboxylic acids is 1. The average Bonchev–Trinajstić information content (AvgIpc) is 1.78. The van der Waals surface area contributed by atoms with Crippen LogP contribution < -0.4 is 0 Å². The molecule has 1 aliphatic carbocycles. The van der Waals surface area contributed by atoms with Gasteiger partial charge in [-0.2, -0.15) is 0 Å². The molecule has 1 rings (SSSR count). The zero-order valence-electron chi connectivity index (χ0n) is 8.22. The van der Waals surface area contributed by atoms with Crippen molar-refractivity contribution >= 4 is 5.97 Å². The summed E-state index contributed by atoms with van der Waals surface area (Å²) in [6, 6.07) is 0. The average molecular weight is 188 g/mol. The Labute approximate surface area is 78.1 Å². The first-order valence-corrected chi connectivity index (χ1v) is 4.75. The second-order valence-electron chi connectivity index (χ2n) is 4.87. The first-order chi connectivity index (χ1) is 5.89. The lowest BCUT2D eigenvalue weighted by molar-refractivity contribution is -0.138. The van der Waals surface area contributed by atoms with E-state index in [1.165, 1.54) is 0 Å². The van der Waals surface area contributed by atoms with Crippen LogP contribution >= 0.6 is 0 Å². The van der Waals surface area contributed by atoms with E-state index in [4.69, 9.17) is 5.11 Å². The fourth-order valence-electron chi connectivity index (χ4n) is 2.40. The van der Waals surface area contributed by atoms with Gasteiger partial charge < -0.3 is 5.11 Å². The SMILES string of the molecule is CC1(C)CC(F)CC(CC(=O)O)C1. The number of hydrogen-bond acceptors (Lipinski definition) is 1. The molecule has 76 valence electrons. The third-order valence-corrected chi connectivity index (χ3v) is 2.67. The number of hydrogen-bond donors (Lipinski definition) is 1. The van der Waals surface area contributed by atoms with Gasteiger partial charge in [0, 0.05) is 6.42 Å². The third-order valence-electron chi connectivity index (χ3n) is 2.67. The summed E-state index contributed by atoms with van der Waals surface area (Å²) in [6.45, 7) is 4.02. The largest absolute Gasteiger partial charge is 0.481 e. The molecule has 2 atom stereocenters. The van der Waals surface area contributed by atoms with E-state index < -0.39 is 12.1 Å². The van der Waals surface area contributed by atoms with E-state index >= 15 is 0 Å². The van der Waals surface area contributed by atoms with Crippen LogP contribution in [-0.4, -0.2) is 17.2 Å². The van der Waals surface area contributed by atoms with Crippen molar-refractivity contribution in [2.75, 3.05) is 0 Å². The summed E-state index contributed by atoms with van der Waals surface area (Å²) in [7, 11) is 0. The van der Waals surface area contributed by atoms with Crippen molar-refractivity contribution in [3.63, 3.8) is 0 Å². The molecule has 0 aromatic carbocycles. The second kappa shape index (κ2) is 3.64. The van der Waals surface area contributed by atoms with Crippen LogP contribution in [0.5, 0.6) is 0 Å². The Morgan fingerprint density at radius 1 is 1.54 bits per heavy atom. The van der Waals surface area contributed by atoms with E-state index in [2.05, 4.69) is 0 Å². The highest BCUT2D eigenvalue weighted by atomic mass is 19.1. The van der Waals surface area contributed by atoms with Crippen molar-refractivity contribution in [3.8, 4) is 0 Å². The molecule has 3 heteroatoms. The Kier molecular flexibility index (Phi) is 2.94. The van der Waals surface area contributed by atoms with Crippen molar-refractivity contribution in [2.24, 2.45) is 11.3 Å². The highest BCUT2D eigenvalue weighted by Crippen LogP contribution is 2.41. The molecule has 1 aliphatic rings. The summed E-state index contributed by atoms with van der Waals surface area (Å²) in [6.07, 6.45) is 1.13. The van der Waals surface area contributed by atoms with E-state index in [9.17, 15) is 9.18 Å². The molecule has 0 bridgehead atoms. The fourth-order valence-corrected chi connectivity index (χ4v) is 2.40. The van der Waals surface area contributed by atoms with Gasteiger partial charge in [0.05, 0.1) is 0 Å². The van der Waals surface area contributed by atoms with E-state index in [1.807, 2.05) is 13.8 Å². The smallest absolute Gasteiger partial charge is 0.303 e. The van der Waals surface area contributed by atoms with Gasteiger partial charge in [0.1, 0.15) is 6.17 Å². The Morgan fingerprint density at radius 3 is 2.62 bits per heavy atom. The van der Waals surface area contributed by atoms with Crippen molar-refractivity contribution in [1.82, 2.24) is 0 Å². The van der Waals surface area contributed by atoms with Gasteiger partial charge in [0.2, 0.25) is 0 Å². The van der Waals surface area contributed by atoms with Crippen LogP contribution in [0.25, 0.3) is 0 Å². The van der Waals surface area contributed by atoms with Crippen molar-refractivity contribution in [3.05, 3.63) is 0 Å². The highest BCUT2D eigenvalue weighted by molar-refractivity contribution is 5.67. The first kappa shape index (κ1) is 10.5. The molecule has 13 heavy (non-hydrogen) atoms. The molecule has 0 aliphatic heterocycles. The molecule has 0 spiro atoms. The predicted molar refractivity (Wildman–Crippen MR) is 48.3 cm³/mol. The van der Waals surface area contributed by atoms with Crippen molar-refractivity contribution in [2.45, 2.75) is 45.7 Å². The summed E-state index contributed by atoms with van der Waals surface area (Å²) < 4.78 is 13.2. The number of carboxylic acids is 1. The number of halogens is 1. The lowest BCUT2D eigenvalue weighted by Gasteiger charge is -2.36. The van der Waals surface area contributed by atoms with E-state index in [1.54, 1.807) is 0 Å². The Morgan fingerprint density at radius 2 is 2.15 bits per heavy atom. The molecule has 1 saturated carbocycles. The molecular weight excluding hydrogens is 171 g/mol. The van der Waals surface area contributed by atoms with E-state index in [0.29, 0.717) is 12.8 Å². The lowest BCUT2D eigenvalue weighted by atomic mass is 9.70. The molecule has 1 N–H and O–H groups in total. The minimum atomic E-state index is -0.812. The first-order valence-electron chi connectivity index (χ1n) is 4.75. The molecule has 2 unspecified atom stereocenters. The summed E-state index contributed by atoms with van der Waals surface area (Å²) in [4.78, 5) is 10.5. The number of carboxylic acid groups (broad SMARTS) is 1. The molecule has 0 aromatic heterocycles. The number of alkyl halides is 1. The summed E-state index contributed by atoms with van der Waals surface area (Å²) in [5.41, 5.74) is -0.0300. The molecule has 1 fully saturated rings. The third kappa shape index (κ3) is 3.33. The maximum Gasteiger partial charge on any atom is 0.303 e. The number of rotatable bonds is 2. The van der Waals surface area contributed by atoms with Crippen LogP contribution in [0.4, 0.5) is 4.39 Å². The topological polar surface area (TPSA) is 37.3 Å². The molecular formula is C10H17FO2. The van der Waals surface area contributed by atoms with E-state index in [-0.39, 0.29) is 17.8 Å². The van der Waals surface area contributed by atoms with E-state index in [0.717, 1.165) is 6.42 Å². The van der Waals surface area contributed by atoms with Gasteiger partial charge in [-0.1, -0.05) is 13.8 Å². The van der Waals surface area contributed by atoms with Crippen LogP contribution in [0, 0.1) is 11.3 Å². The second-order valence-corrected chi connectivity index (χ2v) is 4.87. The van der Waals surface area contributed by atoms with Gasteiger partial charge in [0.25, 0.3) is 0 Å². The summed E-state index contributed by atoms with van der Waals surface area (Å²) in [5, 5.41) is 8.60. The minimum absolute atomic E-state index is 0.0243. The van der Waals surface area contributed by atoms with Gasteiger partial charge in [-0.3, -0.25) is 4.79 Å². The Hall–Kier alpha value is -0.600. The fraction of sp³-hybridized carbons (Fsp3) is 0.900. The van der Waals surface area contributed by atoms with Gasteiger partial charge in [-0.05, 0) is 30.6 Å². The van der Waals surface area contributed by atoms with Crippen LogP contribution in [0.1, 0.15) is 39.5 Å². The zero-order valence-corrected chi connectivity index (χ0v) is 8.22. The Balaban J connectivity index is 2.52. The van der Waals surface area contributed by atoms with Crippen LogP contribution in [0.2, 0.25) is 0 Å². The predicted octanol–water partition coefficient (Wildman–Crippen LogP) is 2.63. The van der Waals surface area contributed by atoms with Gasteiger partial charge in [0.15, 0.2) is 0 Å². The molecule has 0 heterocycles.